The number of esters is 3. The van der Waals surface area contributed by atoms with Crippen molar-refractivity contribution in [3.8, 4) is 0 Å². The molecular weight excluding hydrogens is 781 g/mol. The van der Waals surface area contributed by atoms with E-state index < -0.39 is 6.10 Å². The van der Waals surface area contributed by atoms with Crippen molar-refractivity contribution >= 4 is 17.9 Å². The summed E-state index contributed by atoms with van der Waals surface area (Å²) in [5, 5.41) is 0. The highest BCUT2D eigenvalue weighted by molar-refractivity contribution is 5.71. The molecule has 0 aromatic rings. The summed E-state index contributed by atoms with van der Waals surface area (Å²) in [5.41, 5.74) is 0. The van der Waals surface area contributed by atoms with Crippen LogP contribution >= 0.6 is 0 Å². The number of ether oxygens (including phenoxy) is 3. The molecular formula is C57H110O6. The van der Waals surface area contributed by atoms with E-state index in [4.69, 9.17) is 14.2 Å². The summed E-state index contributed by atoms with van der Waals surface area (Å²) < 4.78 is 16.9. The van der Waals surface area contributed by atoms with Crippen LogP contribution in [0.2, 0.25) is 0 Å². The topological polar surface area (TPSA) is 78.9 Å². The summed E-state index contributed by atoms with van der Waals surface area (Å²) in [6.45, 7) is 11.4. The van der Waals surface area contributed by atoms with Gasteiger partial charge in [-0.3, -0.25) is 14.4 Å². The molecule has 374 valence electrons. The number of unbranched alkanes of at least 4 members (excludes halogenated alkanes) is 35. The van der Waals surface area contributed by atoms with Gasteiger partial charge in [-0.2, -0.15) is 0 Å². The quantitative estimate of drug-likeness (QED) is 0.0344. The van der Waals surface area contributed by atoms with Gasteiger partial charge < -0.3 is 14.2 Å². The van der Waals surface area contributed by atoms with Crippen LogP contribution in [0.1, 0.15) is 317 Å². The normalized spacial score (nSPS) is 12.5. The van der Waals surface area contributed by atoms with Gasteiger partial charge in [-0.05, 0) is 31.1 Å². The first-order valence-corrected chi connectivity index (χ1v) is 28.3. The van der Waals surface area contributed by atoms with Crippen LogP contribution in [0.15, 0.2) is 0 Å². The average Bonchev–Trinajstić information content (AvgIpc) is 3.27. The van der Waals surface area contributed by atoms with E-state index in [0.29, 0.717) is 19.3 Å². The average molecular weight is 892 g/mol. The molecule has 0 N–H and O–H groups in total. The van der Waals surface area contributed by atoms with E-state index >= 15 is 0 Å². The SMILES string of the molecule is CCCCCCCCCCCCCCCCC(=O)O[C@H](COC(=O)CCCCCCCCCCCCCCCCCCC(C)C)COC(=O)CCCCCCCCCCC(C)CC. The number of carbonyl (C=O) groups is 3. The van der Waals surface area contributed by atoms with E-state index in [-0.39, 0.29) is 31.1 Å². The third-order valence-corrected chi connectivity index (χ3v) is 13.3. The molecule has 0 radical (unpaired) electrons. The Labute approximate surface area is 393 Å². The van der Waals surface area contributed by atoms with Crippen molar-refractivity contribution < 1.29 is 28.6 Å². The van der Waals surface area contributed by atoms with Crippen LogP contribution in [0, 0.1) is 11.8 Å². The molecule has 0 bridgehead atoms. The maximum absolute atomic E-state index is 12.8. The Balaban J connectivity index is 4.27. The monoisotopic (exact) mass is 891 g/mol. The van der Waals surface area contributed by atoms with Crippen LogP contribution in [0.25, 0.3) is 0 Å². The molecule has 6 nitrogen and oxygen atoms in total. The summed E-state index contributed by atoms with van der Waals surface area (Å²) >= 11 is 0. The molecule has 63 heavy (non-hydrogen) atoms. The first-order chi connectivity index (χ1) is 30.8. The number of hydrogen-bond donors (Lipinski definition) is 0. The zero-order valence-corrected chi connectivity index (χ0v) is 43.2. The van der Waals surface area contributed by atoms with Gasteiger partial charge in [-0.1, -0.05) is 279 Å². The highest BCUT2D eigenvalue weighted by Gasteiger charge is 2.19. The highest BCUT2D eigenvalue weighted by atomic mass is 16.6. The van der Waals surface area contributed by atoms with Crippen molar-refractivity contribution in [1.29, 1.82) is 0 Å². The maximum atomic E-state index is 12.8. The van der Waals surface area contributed by atoms with E-state index in [9.17, 15) is 14.4 Å². The molecule has 0 heterocycles. The molecule has 2 atom stereocenters. The van der Waals surface area contributed by atoms with Crippen molar-refractivity contribution in [3.05, 3.63) is 0 Å². The van der Waals surface area contributed by atoms with Gasteiger partial charge >= 0.3 is 17.9 Å². The molecule has 0 fully saturated rings. The van der Waals surface area contributed by atoms with Gasteiger partial charge in [0, 0.05) is 19.3 Å². The van der Waals surface area contributed by atoms with Crippen molar-refractivity contribution in [2.75, 3.05) is 13.2 Å². The summed E-state index contributed by atoms with van der Waals surface area (Å²) in [7, 11) is 0. The fourth-order valence-corrected chi connectivity index (χ4v) is 8.66. The molecule has 1 unspecified atom stereocenters. The first-order valence-electron chi connectivity index (χ1n) is 28.3. The Morgan fingerprint density at radius 1 is 0.333 bits per heavy atom. The smallest absolute Gasteiger partial charge is 0.306 e. The second-order valence-electron chi connectivity index (χ2n) is 20.3. The number of rotatable bonds is 51. The van der Waals surface area contributed by atoms with Gasteiger partial charge in [0.25, 0.3) is 0 Å². The van der Waals surface area contributed by atoms with Gasteiger partial charge in [0.15, 0.2) is 6.10 Å². The predicted molar refractivity (Wildman–Crippen MR) is 270 cm³/mol. The molecule has 0 amide bonds. The molecule has 0 aliphatic heterocycles. The lowest BCUT2D eigenvalue weighted by Crippen LogP contribution is -2.30. The third kappa shape index (κ3) is 49.7. The van der Waals surface area contributed by atoms with Crippen molar-refractivity contribution in [1.82, 2.24) is 0 Å². The predicted octanol–water partition coefficient (Wildman–Crippen LogP) is 18.5. The Kier molecular flexibility index (Phi) is 48.6. The minimum absolute atomic E-state index is 0.0631. The Hall–Kier alpha value is -1.59. The second-order valence-corrected chi connectivity index (χ2v) is 20.3. The summed E-state index contributed by atoms with van der Waals surface area (Å²) in [6.07, 6.45) is 52.3. The zero-order valence-electron chi connectivity index (χ0n) is 43.2. The molecule has 0 aliphatic rings. The minimum atomic E-state index is -0.762. The lowest BCUT2D eigenvalue weighted by molar-refractivity contribution is -0.167. The van der Waals surface area contributed by atoms with Crippen LogP contribution in [-0.4, -0.2) is 37.2 Å². The third-order valence-electron chi connectivity index (χ3n) is 13.3. The van der Waals surface area contributed by atoms with Gasteiger partial charge in [-0.25, -0.2) is 0 Å². The minimum Gasteiger partial charge on any atom is -0.462 e. The van der Waals surface area contributed by atoms with Crippen molar-refractivity contribution in [2.24, 2.45) is 11.8 Å². The Morgan fingerprint density at radius 2 is 0.603 bits per heavy atom. The fourth-order valence-electron chi connectivity index (χ4n) is 8.66. The lowest BCUT2D eigenvalue weighted by Gasteiger charge is -2.18. The van der Waals surface area contributed by atoms with E-state index in [1.807, 2.05) is 0 Å². The second kappa shape index (κ2) is 49.8. The van der Waals surface area contributed by atoms with Gasteiger partial charge in [0.05, 0.1) is 0 Å². The van der Waals surface area contributed by atoms with Crippen LogP contribution < -0.4 is 0 Å². The molecule has 0 rings (SSSR count). The molecule has 0 saturated heterocycles. The Bertz CT molecular complexity index is 964. The molecule has 0 aromatic heterocycles. The van der Waals surface area contributed by atoms with E-state index in [1.54, 1.807) is 0 Å². The van der Waals surface area contributed by atoms with E-state index in [2.05, 4.69) is 34.6 Å². The van der Waals surface area contributed by atoms with Crippen molar-refractivity contribution in [3.63, 3.8) is 0 Å². The summed E-state index contributed by atoms with van der Waals surface area (Å²) in [4.78, 5) is 38.1. The lowest BCUT2D eigenvalue weighted by atomic mass is 9.99. The molecule has 0 aliphatic carbocycles. The van der Waals surface area contributed by atoms with Crippen molar-refractivity contribution in [2.45, 2.75) is 323 Å². The van der Waals surface area contributed by atoms with Crippen LogP contribution in [0.4, 0.5) is 0 Å². The van der Waals surface area contributed by atoms with Crippen LogP contribution in [0.5, 0.6) is 0 Å². The number of hydrogen-bond acceptors (Lipinski definition) is 6. The first kappa shape index (κ1) is 61.4. The van der Waals surface area contributed by atoms with Gasteiger partial charge in [-0.15, -0.1) is 0 Å². The summed E-state index contributed by atoms with van der Waals surface area (Å²) in [6, 6.07) is 0. The fraction of sp³-hybridized carbons (Fsp3) is 0.947. The standard InChI is InChI=1S/C57H110O6/c1-6-8-9-10-11-12-13-14-20-24-27-34-39-44-49-57(60)63-54(51-62-56(59)48-43-38-33-29-28-31-36-41-46-53(5)7-2)50-61-55(58)47-42-37-32-26-23-21-18-16-15-17-19-22-25-30-35-40-45-52(3)4/h52-54H,6-51H2,1-5H3/t53?,54-/m1/s1. The van der Waals surface area contributed by atoms with Gasteiger partial charge in [0.2, 0.25) is 0 Å². The summed E-state index contributed by atoms with van der Waals surface area (Å²) in [5.74, 6) is 0.858. The maximum Gasteiger partial charge on any atom is 0.306 e. The highest BCUT2D eigenvalue weighted by Crippen LogP contribution is 2.18. The number of carbonyl (C=O) groups excluding carboxylic acids is 3. The largest absolute Gasteiger partial charge is 0.462 e. The van der Waals surface area contributed by atoms with Crippen LogP contribution in [0.3, 0.4) is 0 Å². The van der Waals surface area contributed by atoms with E-state index in [0.717, 1.165) is 69.6 Å². The molecule has 0 aromatic carbocycles. The molecule has 0 saturated carbocycles. The Morgan fingerprint density at radius 3 is 0.905 bits per heavy atom. The molecule has 0 spiro atoms. The zero-order chi connectivity index (χ0) is 46.1. The van der Waals surface area contributed by atoms with Gasteiger partial charge in [0.1, 0.15) is 13.2 Å². The van der Waals surface area contributed by atoms with E-state index in [1.165, 1.54) is 205 Å². The van der Waals surface area contributed by atoms with Crippen LogP contribution in [-0.2, 0) is 28.6 Å². The molecule has 6 heteroatoms.